The van der Waals surface area contributed by atoms with E-state index >= 15 is 0 Å². The van der Waals surface area contributed by atoms with Gasteiger partial charge in [-0.1, -0.05) is 77.0 Å². The molecule has 1 unspecified atom stereocenters. The van der Waals surface area contributed by atoms with Gasteiger partial charge in [0.2, 0.25) is 0 Å². The first-order valence-electron chi connectivity index (χ1n) is 10.1. The lowest BCUT2D eigenvalue weighted by molar-refractivity contribution is 0.273. The summed E-state index contributed by atoms with van der Waals surface area (Å²) in [5.74, 6) is 0. The molecule has 0 saturated heterocycles. The molecule has 2 rings (SSSR count). The number of para-hydroxylation sites is 1. The second kappa shape index (κ2) is 11.2. The van der Waals surface area contributed by atoms with E-state index in [1.807, 2.05) is 0 Å². The molecule has 1 aromatic rings. The highest BCUT2D eigenvalue weighted by atomic mass is 15.4. The molecule has 1 aliphatic heterocycles. The van der Waals surface area contributed by atoms with Crippen molar-refractivity contribution in [1.82, 2.24) is 4.90 Å². The van der Waals surface area contributed by atoms with Crippen LogP contribution in [0.15, 0.2) is 42.7 Å². The molecule has 0 radical (unpaired) electrons. The van der Waals surface area contributed by atoms with Crippen LogP contribution in [0.25, 0.3) is 0 Å². The lowest BCUT2D eigenvalue weighted by atomic mass is 10.1. The average Bonchev–Trinajstić information content (AvgIpc) is 3.02. The maximum absolute atomic E-state index is 2.57. The number of unbranched alkanes of at least 4 members (excludes halogenated alkanes) is 7. The molecule has 0 spiro atoms. The van der Waals surface area contributed by atoms with Crippen LogP contribution in [0.4, 0.5) is 5.69 Å². The van der Waals surface area contributed by atoms with E-state index in [-0.39, 0.29) is 0 Å². The van der Waals surface area contributed by atoms with Gasteiger partial charge in [0.1, 0.15) is 6.17 Å². The summed E-state index contributed by atoms with van der Waals surface area (Å²) in [5.41, 5.74) is 1.32. The SMILES string of the molecule is CCCCCCCC1N(CCCCCC)C=CN1c1ccccc1. The van der Waals surface area contributed by atoms with E-state index in [1.165, 1.54) is 76.4 Å². The summed E-state index contributed by atoms with van der Waals surface area (Å²) in [4.78, 5) is 5.04. The van der Waals surface area contributed by atoms with Gasteiger partial charge in [0, 0.05) is 24.6 Å². The Morgan fingerprint density at radius 3 is 2.12 bits per heavy atom. The molecule has 1 heterocycles. The summed E-state index contributed by atoms with van der Waals surface area (Å²) < 4.78 is 0. The molecule has 24 heavy (non-hydrogen) atoms. The van der Waals surface area contributed by atoms with E-state index in [0.717, 1.165) is 0 Å². The lowest BCUT2D eigenvalue weighted by Gasteiger charge is -2.33. The number of hydrogen-bond donors (Lipinski definition) is 0. The van der Waals surface area contributed by atoms with E-state index in [4.69, 9.17) is 0 Å². The minimum absolute atomic E-state index is 0.510. The van der Waals surface area contributed by atoms with Crippen LogP contribution in [-0.2, 0) is 0 Å². The van der Waals surface area contributed by atoms with Crippen LogP contribution >= 0.6 is 0 Å². The number of anilines is 1. The first-order valence-corrected chi connectivity index (χ1v) is 10.1. The van der Waals surface area contributed by atoms with Crippen molar-refractivity contribution in [2.45, 2.75) is 84.2 Å². The van der Waals surface area contributed by atoms with Crippen LogP contribution in [0.5, 0.6) is 0 Å². The van der Waals surface area contributed by atoms with Gasteiger partial charge in [-0.05, 0) is 31.4 Å². The van der Waals surface area contributed by atoms with Crippen LogP contribution in [0.1, 0.15) is 78.1 Å². The minimum atomic E-state index is 0.510. The predicted octanol–water partition coefficient (Wildman–Crippen LogP) is 6.55. The van der Waals surface area contributed by atoms with E-state index in [2.05, 4.69) is 66.4 Å². The van der Waals surface area contributed by atoms with Gasteiger partial charge in [-0.3, -0.25) is 0 Å². The second-order valence-corrected chi connectivity index (χ2v) is 7.02. The summed E-state index contributed by atoms with van der Waals surface area (Å²) >= 11 is 0. The lowest BCUT2D eigenvalue weighted by Crippen LogP contribution is -2.39. The van der Waals surface area contributed by atoms with Crippen LogP contribution in [0.2, 0.25) is 0 Å². The Morgan fingerprint density at radius 2 is 1.42 bits per heavy atom. The molecule has 0 fully saturated rings. The van der Waals surface area contributed by atoms with Gasteiger partial charge in [0.15, 0.2) is 0 Å². The molecule has 0 aromatic heterocycles. The molecule has 0 aliphatic carbocycles. The molecular weight excluding hydrogens is 292 g/mol. The molecule has 0 amide bonds. The first-order chi connectivity index (χ1) is 11.9. The first kappa shape index (κ1) is 18.9. The van der Waals surface area contributed by atoms with Crippen molar-refractivity contribution in [3.8, 4) is 0 Å². The molecule has 1 atom stereocenters. The third kappa shape index (κ3) is 5.89. The quantitative estimate of drug-likeness (QED) is 0.402. The largest absolute Gasteiger partial charge is 0.356 e. The topological polar surface area (TPSA) is 6.48 Å². The monoisotopic (exact) mass is 328 g/mol. The Labute approximate surface area is 149 Å². The number of benzene rings is 1. The van der Waals surface area contributed by atoms with Crippen LogP contribution in [0, 0.1) is 0 Å². The van der Waals surface area contributed by atoms with E-state index in [1.54, 1.807) is 0 Å². The van der Waals surface area contributed by atoms with E-state index < -0.39 is 0 Å². The summed E-state index contributed by atoms with van der Waals surface area (Å²) in [5, 5.41) is 0. The third-order valence-electron chi connectivity index (χ3n) is 5.01. The van der Waals surface area contributed by atoms with Crippen molar-refractivity contribution < 1.29 is 0 Å². The summed E-state index contributed by atoms with van der Waals surface area (Å²) in [6, 6.07) is 10.9. The fourth-order valence-electron chi connectivity index (χ4n) is 3.55. The highest BCUT2D eigenvalue weighted by molar-refractivity contribution is 5.51. The van der Waals surface area contributed by atoms with Crippen molar-refractivity contribution in [2.75, 3.05) is 11.4 Å². The Hall–Kier alpha value is -1.44. The number of rotatable bonds is 12. The zero-order valence-electron chi connectivity index (χ0n) is 15.8. The minimum Gasteiger partial charge on any atom is -0.356 e. The summed E-state index contributed by atoms with van der Waals surface area (Å²) in [6.45, 7) is 5.77. The number of hydrogen-bond acceptors (Lipinski definition) is 2. The summed E-state index contributed by atoms with van der Waals surface area (Å²) in [7, 11) is 0. The van der Waals surface area contributed by atoms with Gasteiger partial charge in [-0.15, -0.1) is 0 Å². The Morgan fingerprint density at radius 1 is 0.750 bits per heavy atom. The Bertz CT molecular complexity index is 454. The molecule has 1 aliphatic rings. The van der Waals surface area contributed by atoms with Crippen molar-refractivity contribution in [1.29, 1.82) is 0 Å². The normalized spacial score (nSPS) is 17.0. The van der Waals surface area contributed by atoms with Crippen molar-refractivity contribution >= 4 is 5.69 Å². The average molecular weight is 329 g/mol. The van der Waals surface area contributed by atoms with Crippen LogP contribution in [-0.4, -0.2) is 17.6 Å². The zero-order valence-corrected chi connectivity index (χ0v) is 15.8. The molecule has 0 N–H and O–H groups in total. The Balaban J connectivity index is 1.90. The van der Waals surface area contributed by atoms with Gasteiger partial charge in [0.05, 0.1) is 0 Å². The van der Waals surface area contributed by atoms with Crippen LogP contribution < -0.4 is 4.90 Å². The van der Waals surface area contributed by atoms with Crippen LogP contribution in [0.3, 0.4) is 0 Å². The Kier molecular flexibility index (Phi) is 8.80. The van der Waals surface area contributed by atoms with Gasteiger partial charge in [-0.25, -0.2) is 0 Å². The predicted molar refractivity (Wildman–Crippen MR) is 106 cm³/mol. The zero-order chi connectivity index (χ0) is 17.0. The highest BCUT2D eigenvalue weighted by Crippen LogP contribution is 2.28. The van der Waals surface area contributed by atoms with Gasteiger partial charge in [-0.2, -0.15) is 0 Å². The van der Waals surface area contributed by atoms with E-state index in [9.17, 15) is 0 Å². The van der Waals surface area contributed by atoms with Gasteiger partial charge < -0.3 is 9.80 Å². The van der Waals surface area contributed by atoms with Crippen molar-refractivity contribution in [2.24, 2.45) is 0 Å². The van der Waals surface area contributed by atoms with Gasteiger partial charge in [0.25, 0.3) is 0 Å². The fourth-order valence-corrected chi connectivity index (χ4v) is 3.55. The molecule has 1 aromatic carbocycles. The van der Waals surface area contributed by atoms with Crippen molar-refractivity contribution in [3.63, 3.8) is 0 Å². The highest BCUT2D eigenvalue weighted by Gasteiger charge is 2.26. The fraction of sp³-hybridized carbons (Fsp3) is 0.636. The molecule has 0 saturated carbocycles. The molecule has 134 valence electrons. The smallest absolute Gasteiger partial charge is 0.105 e. The number of nitrogens with zero attached hydrogens (tertiary/aromatic N) is 2. The third-order valence-corrected chi connectivity index (χ3v) is 5.01. The molecule has 2 heteroatoms. The standard InChI is InChI=1S/C22H36N2/c1-3-5-7-9-13-17-22-23(18-14-8-6-4-2)19-20-24(22)21-15-11-10-12-16-21/h10-12,15-16,19-20,22H,3-9,13-14,17-18H2,1-2H3. The molecule has 0 bridgehead atoms. The maximum Gasteiger partial charge on any atom is 0.105 e. The second-order valence-electron chi connectivity index (χ2n) is 7.02. The van der Waals surface area contributed by atoms with Gasteiger partial charge >= 0.3 is 0 Å². The maximum atomic E-state index is 2.57. The summed E-state index contributed by atoms with van der Waals surface area (Å²) in [6.07, 6.45) is 18.5. The molecule has 2 nitrogen and oxygen atoms in total. The van der Waals surface area contributed by atoms with Crippen molar-refractivity contribution in [3.05, 3.63) is 42.7 Å². The van der Waals surface area contributed by atoms with E-state index in [0.29, 0.717) is 6.17 Å². The molecular formula is C22H36N2.